The molecule has 1 heterocycles. The van der Waals surface area contributed by atoms with Crippen molar-refractivity contribution in [2.24, 2.45) is 17.3 Å². The smallest absolute Gasteiger partial charge is 0.145 e. The molecule has 3 N–H and O–H groups in total. The number of alkyl halides is 1. The third kappa shape index (κ3) is 2.88. The third-order valence-electron chi connectivity index (χ3n) is 9.40. The topological polar surface area (TPSA) is 73.6 Å². The molecule has 2 saturated carbocycles. The quantitative estimate of drug-likeness (QED) is 0.551. The Kier molecular flexibility index (Phi) is 4.69. The molecule has 0 amide bonds. The number of aliphatic hydroxyl groups excluding tert-OH is 2. The molecule has 174 valence electrons. The van der Waals surface area contributed by atoms with Crippen LogP contribution >= 0.6 is 0 Å². The van der Waals surface area contributed by atoms with E-state index in [2.05, 4.69) is 30.1 Å². The van der Waals surface area contributed by atoms with Crippen molar-refractivity contribution in [3.63, 3.8) is 0 Å². The van der Waals surface area contributed by atoms with Crippen molar-refractivity contribution in [1.29, 1.82) is 0 Å². The van der Waals surface area contributed by atoms with Crippen LogP contribution < -0.4 is 0 Å². The second-order valence-electron chi connectivity index (χ2n) is 11.0. The van der Waals surface area contributed by atoms with Gasteiger partial charge in [-0.05, 0) is 73.3 Å². The van der Waals surface area contributed by atoms with E-state index in [4.69, 9.17) is 0 Å². The van der Waals surface area contributed by atoms with Crippen LogP contribution in [0.1, 0.15) is 57.4 Å². The lowest BCUT2D eigenvalue weighted by molar-refractivity contribution is -0.0963. The van der Waals surface area contributed by atoms with Crippen LogP contribution in [-0.4, -0.2) is 43.8 Å². The highest BCUT2D eigenvalue weighted by atomic mass is 19.1. The summed E-state index contributed by atoms with van der Waals surface area (Å²) in [4.78, 5) is 4.51. The predicted molar refractivity (Wildman–Crippen MR) is 126 cm³/mol. The van der Waals surface area contributed by atoms with Crippen LogP contribution in [0.4, 0.5) is 4.39 Å². The van der Waals surface area contributed by atoms with Gasteiger partial charge in [0.15, 0.2) is 0 Å². The van der Waals surface area contributed by atoms with Crippen LogP contribution in [0.25, 0.3) is 16.5 Å². The Morgan fingerprint density at radius 2 is 1.91 bits per heavy atom. The van der Waals surface area contributed by atoms with E-state index >= 15 is 4.39 Å². The van der Waals surface area contributed by atoms with Crippen LogP contribution in [0, 0.1) is 17.3 Å². The number of aromatic nitrogens is 1. The van der Waals surface area contributed by atoms with Crippen molar-refractivity contribution in [3.8, 4) is 0 Å². The first kappa shape index (κ1) is 21.5. The second-order valence-corrected chi connectivity index (χ2v) is 11.0. The molecule has 6 unspecified atom stereocenters. The van der Waals surface area contributed by atoms with Gasteiger partial charge >= 0.3 is 0 Å². The predicted octanol–water partition coefficient (Wildman–Crippen LogP) is 4.73. The number of hydrogen-bond donors (Lipinski definition) is 3. The first-order chi connectivity index (χ1) is 15.8. The van der Waals surface area contributed by atoms with Gasteiger partial charge in [0.25, 0.3) is 0 Å². The van der Waals surface area contributed by atoms with Gasteiger partial charge in [0.1, 0.15) is 11.8 Å². The summed E-state index contributed by atoms with van der Waals surface area (Å²) in [6.45, 7) is 2.20. The van der Waals surface area contributed by atoms with E-state index < -0.39 is 23.5 Å². The van der Waals surface area contributed by atoms with Crippen molar-refractivity contribution in [2.45, 2.75) is 75.3 Å². The molecule has 4 aliphatic carbocycles. The molecule has 2 aromatic rings. The summed E-state index contributed by atoms with van der Waals surface area (Å²) in [5, 5.41) is 34.8. The van der Waals surface area contributed by atoms with Crippen molar-refractivity contribution in [3.05, 3.63) is 59.8 Å². The largest absolute Gasteiger partial charge is 0.393 e. The number of aliphatic hydroxyl groups is 3. The molecule has 5 heteroatoms. The van der Waals surface area contributed by atoms with Gasteiger partial charge in [-0.2, -0.15) is 0 Å². The minimum absolute atomic E-state index is 0.0549. The molecule has 0 radical (unpaired) electrons. The molecular weight excluding hydrogens is 417 g/mol. The highest BCUT2D eigenvalue weighted by Gasteiger charge is 2.62. The first-order valence-corrected chi connectivity index (χ1v) is 12.3. The zero-order chi connectivity index (χ0) is 23.0. The number of hydrogen-bond acceptors (Lipinski definition) is 4. The van der Waals surface area contributed by atoms with E-state index in [1.165, 1.54) is 5.57 Å². The van der Waals surface area contributed by atoms with Crippen molar-refractivity contribution >= 4 is 16.5 Å². The maximum Gasteiger partial charge on any atom is 0.145 e. The van der Waals surface area contributed by atoms with Gasteiger partial charge in [-0.1, -0.05) is 37.3 Å². The van der Waals surface area contributed by atoms with E-state index in [9.17, 15) is 15.3 Å². The van der Waals surface area contributed by atoms with E-state index in [1.54, 1.807) is 6.20 Å². The van der Waals surface area contributed by atoms with Crippen molar-refractivity contribution in [2.75, 3.05) is 0 Å². The fraction of sp³-hybridized carbons (Fsp3) is 0.536. The van der Waals surface area contributed by atoms with E-state index in [0.29, 0.717) is 44.1 Å². The first-order valence-electron chi connectivity index (χ1n) is 12.3. The Balaban J connectivity index is 1.43. The van der Waals surface area contributed by atoms with E-state index in [-0.39, 0.29) is 23.7 Å². The zero-order valence-electron chi connectivity index (χ0n) is 19.0. The lowest BCUT2D eigenvalue weighted by Crippen LogP contribution is -2.55. The fourth-order valence-electron chi connectivity index (χ4n) is 7.65. The van der Waals surface area contributed by atoms with Gasteiger partial charge in [0, 0.05) is 29.3 Å². The van der Waals surface area contributed by atoms with Gasteiger partial charge in [0.2, 0.25) is 0 Å². The van der Waals surface area contributed by atoms with Crippen LogP contribution in [0.2, 0.25) is 0 Å². The van der Waals surface area contributed by atoms with Crippen LogP contribution in [0.15, 0.2) is 54.3 Å². The highest BCUT2D eigenvalue weighted by molar-refractivity contribution is 5.93. The number of benzene rings is 1. The SMILES string of the molecule is CC12CC=C3C(O)C4(F)CC(O)CCC4CC[C@]3(O)C1CC=C2c1cccc2ncccc12. The number of rotatable bonds is 1. The number of halogens is 1. The molecule has 33 heavy (non-hydrogen) atoms. The maximum absolute atomic E-state index is 16.2. The molecule has 0 bridgehead atoms. The average Bonchev–Trinajstić information content (AvgIpc) is 3.12. The Morgan fingerprint density at radius 3 is 2.76 bits per heavy atom. The molecule has 2 fully saturated rings. The van der Waals surface area contributed by atoms with Crippen LogP contribution in [-0.2, 0) is 0 Å². The minimum atomic E-state index is -1.88. The Morgan fingerprint density at radius 1 is 1.06 bits per heavy atom. The minimum Gasteiger partial charge on any atom is -0.393 e. The molecule has 7 atom stereocenters. The van der Waals surface area contributed by atoms with Crippen LogP contribution in [0.5, 0.6) is 0 Å². The summed E-state index contributed by atoms with van der Waals surface area (Å²) >= 11 is 0. The van der Waals surface area contributed by atoms with Gasteiger partial charge in [-0.3, -0.25) is 4.98 Å². The fourth-order valence-corrected chi connectivity index (χ4v) is 7.65. The standard InChI is InChI=1S/C28H32FNO3/c1-26-13-12-22-25(32)27(29)16-18(31)8-7-17(27)11-14-28(22,33)24(26)10-9-21(26)19-4-2-6-23-20(19)5-3-15-30-23/h2-6,9,12,15,17-18,24-25,31-33H,7-8,10-11,13-14,16H2,1H3/t17?,18?,24?,25?,26?,27?,28-/m1/s1. The second kappa shape index (κ2) is 7.21. The number of nitrogens with zero attached hydrogens (tertiary/aromatic N) is 1. The summed E-state index contributed by atoms with van der Waals surface area (Å²) in [5.74, 6) is -0.467. The normalized spacial score (nSPS) is 42.6. The van der Waals surface area contributed by atoms with Crippen LogP contribution in [0.3, 0.4) is 0 Å². The number of fused-ring (bicyclic) bond motifs is 5. The summed E-state index contributed by atoms with van der Waals surface area (Å²) < 4.78 is 16.2. The monoisotopic (exact) mass is 449 g/mol. The van der Waals surface area contributed by atoms with Gasteiger partial charge in [-0.15, -0.1) is 0 Å². The molecule has 0 aliphatic heterocycles. The zero-order valence-corrected chi connectivity index (χ0v) is 19.0. The maximum atomic E-state index is 16.2. The lowest BCUT2D eigenvalue weighted by atomic mass is 9.57. The molecule has 4 aliphatic rings. The van der Waals surface area contributed by atoms with Gasteiger partial charge < -0.3 is 15.3 Å². The van der Waals surface area contributed by atoms with E-state index in [0.717, 1.165) is 16.5 Å². The van der Waals surface area contributed by atoms with Gasteiger partial charge in [0.05, 0.1) is 17.2 Å². The van der Waals surface area contributed by atoms with Crippen molar-refractivity contribution < 1.29 is 19.7 Å². The summed E-state index contributed by atoms with van der Waals surface area (Å²) in [6.07, 6.45) is 7.18. The molecular formula is C28H32FNO3. The molecule has 1 aromatic carbocycles. The molecule has 4 nitrogen and oxygen atoms in total. The van der Waals surface area contributed by atoms with E-state index in [1.807, 2.05) is 24.3 Å². The molecule has 6 rings (SSSR count). The van der Waals surface area contributed by atoms with Crippen molar-refractivity contribution in [1.82, 2.24) is 4.98 Å². The molecule has 0 spiro atoms. The lowest BCUT2D eigenvalue weighted by Gasteiger charge is -2.50. The van der Waals surface area contributed by atoms with Gasteiger partial charge in [-0.25, -0.2) is 4.39 Å². The third-order valence-corrected chi connectivity index (χ3v) is 9.40. The molecule has 1 aromatic heterocycles. The Hall–Kier alpha value is -2.08. The number of pyridine rings is 1. The highest BCUT2D eigenvalue weighted by Crippen LogP contribution is 2.63. The molecule has 0 saturated heterocycles. The summed E-state index contributed by atoms with van der Waals surface area (Å²) in [5.41, 5.74) is 0.280. The number of allylic oxidation sites excluding steroid dienone is 3. The summed E-state index contributed by atoms with van der Waals surface area (Å²) in [6, 6.07) is 10.2. The summed E-state index contributed by atoms with van der Waals surface area (Å²) in [7, 11) is 0. The Bertz CT molecular complexity index is 1170. The average molecular weight is 450 g/mol. The Labute approximate surface area is 193 Å².